The molecule has 0 N–H and O–H groups in total. The number of hydrogen-bond acceptors (Lipinski definition) is 4. The molecule has 0 fully saturated rings. The number of rotatable bonds is 12. The summed E-state index contributed by atoms with van der Waals surface area (Å²) in [5.74, 6) is 1.12. The lowest BCUT2D eigenvalue weighted by Gasteiger charge is -2.09. The van der Waals surface area contributed by atoms with Crippen molar-refractivity contribution >= 4 is 23.7 Å². The van der Waals surface area contributed by atoms with Crippen LogP contribution in [-0.4, -0.2) is 24.8 Å². The molecule has 4 heteroatoms. The van der Waals surface area contributed by atoms with Crippen molar-refractivity contribution in [3.05, 3.63) is 144 Å². The van der Waals surface area contributed by atoms with Crippen LogP contribution >= 0.6 is 0 Å². The van der Waals surface area contributed by atoms with Gasteiger partial charge in [0.2, 0.25) is 0 Å². The van der Waals surface area contributed by atoms with E-state index in [9.17, 15) is 9.59 Å². The molecule has 0 saturated carbocycles. The van der Waals surface area contributed by atoms with Crippen LogP contribution < -0.4 is 9.47 Å². The van der Waals surface area contributed by atoms with Crippen molar-refractivity contribution in [1.29, 1.82) is 0 Å². The molecule has 0 aliphatic carbocycles. The molecular formula is C33H28O4. The lowest BCUT2D eigenvalue weighted by Crippen LogP contribution is -2.06. The van der Waals surface area contributed by atoms with Gasteiger partial charge in [-0.1, -0.05) is 97.1 Å². The second kappa shape index (κ2) is 13.4. The van der Waals surface area contributed by atoms with Crippen molar-refractivity contribution in [2.24, 2.45) is 0 Å². The van der Waals surface area contributed by atoms with Crippen LogP contribution in [0.15, 0.2) is 121 Å². The van der Waals surface area contributed by atoms with Crippen LogP contribution in [0.1, 0.15) is 38.3 Å². The fourth-order valence-electron chi connectivity index (χ4n) is 3.58. The first kappa shape index (κ1) is 25.4. The largest absolute Gasteiger partial charge is 0.493 e. The van der Waals surface area contributed by atoms with Crippen molar-refractivity contribution in [1.82, 2.24) is 0 Å². The van der Waals surface area contributed by atoms with Crippen molar-refractivity contribution in [2.75, 3.05) is 13.2 Å². The molecule has 4 aromatic rings. The minimum atomic E-state index is -0.0781. The van der Waals surface area contributed by atoms with Crippen molar-refractivity contribution in [3.63, 3.8) is 0 Å². The van der Waals surface area contributed by atoms with Gasteiger partial charge in [-0.15, -0.1) is 0 Å². The maximum absolute atomic E-state index is 12.5. The van der Waals surface area contributed by atoms with Crippen LogP contribution in [0.5, 0.6) is 11.5 Å². The Hall–Kier alpha value is -4.70. The number of hydrogen-bond donors (Lipinski definition) is 0. The molecule has 0 aliphatic heterocycles. The van der Waals surface area contributed by atoms with Gasteiger partial charge in [-0.05, 0) is 47.5 Å². The first-order valence-corrected chi connectivity index (χ1v) is 12.2. The zero-order valence-electron chi connectivity index (χ0n) is 20.5. The monoisotopic (exact) mass is 488 g/mol. The zero-order chi connectivity index (χ0) is 25.7. The minimum Gasteiger partial charge on any atom is -0.493 e. The second-order valence-corrected chi connectivity index (χ2v) is 8.32. The summed E-state index contributed by atoms with van der Waals surface area (Å²) in [6, 6.07) is 33.7. The van der Waals surface area contributed by atoms with Crippen LogP contribution in [-0.2, 0) is 0 Å². The Labute approximate surface area is 217 Å². The number of carbonyl (C=O) groups excluding carboxylic acids is 2. The topological polar surface area (TPSA) is 52.6 Å². The number of ether oxygens (including phenoxy) is 2. The average molecular weight is 489 g/mol. The number of ketones is 2. The molecule has 0 saturated heterocycles. The van der Waals surface area contributed by atoms with E-state index in [0.29, 0.717) is 42.3 Å². The van der Waals surface area contributed by atoms with E-state index in [1.165, 1.54) is 0 Å². The molecule has 0 spiro atoms. The Morgan fingerprint density at radius 2 is 0.973 bits per heavy atom. The smallest absolute Gasteiger partial charge is 0.185 e. The van der Waals surface area contributed by atoms with Crippen LogP contribution in [0.2, 0.25) is 0 Å². The van der Waals surface area contributed by atoms with Crippen molar-refractivity contribution in [3.8, 4) is 11.5 Å². The molecule has 0 heterocycles. The van der Waals surface area contributed by atoms with Crippen LogP contribution in [0.25, 0.3) is 12.2 Å². The molecule has 4 nitrogen and oxygen atoms in total. The predicted octanol–water partition coefficient (Wildman–Crippen LogP) is 7.33. The fraction of sp³-hybridized carbons (Fsp3) is 0.0909. The standard InChI is InChI=1S/C33H28O4/c34-32(20-18-26-10-3-1-4-11-26)28-14-7-16-30(24-28)36-22-9-23-37-31-17-8-15-29(25-31)33(35)21-19-27-12-5-2-6-13-27/h1-8,10-21,24-25H,9,22-23H2/b20-18+,21-19+. The van der Waals surface area contributed by atoms with Crippen LogP contribution in [0, 0.1) is 0 Å². The summed E-state index contributed by atoms with van der Waals surface area (Å²) < 4.78 is 11.6. The van der Waals surface area contributed by atoms with Crippen LogP contribution in [0.4, 0.5) is 0 Å². The molecule has 4 aromatic carbocycles. The van der Waals surface area contributed by atoms with Gasteiger partial charge in [-0.3, -0.25) is 9.59 Å². The Balaban J connectivity index is 1.22. The van der Waals surface area contributed by atoms with Gasteiger partial charge >= 0.3 is 0 Å². The van der Waals surface area contributed by atoms with E-state index in [2.05, 4.69) is 0 Å². The van der Waals surface area contributed by atoms with E-state index in [-0.39, 0.29) is 11.6 Å². The van der Waals surface area contributed by atoms with Gasteiger partial charge in [0.05, 0.1) is 13.2 Å². The molecule has 0 aromatic heterocycles. The Morgan fingerprint density at radius 1 is 0.541 bits per heavy atom. The van der Waals surface area contributed by atoms with Gasteiger partial charge in [-0.2, -0.15) is 0 Å². The van der Waals surface area contributed by atoms with Gasteiger partial charge in [0.1, 0.15) is 11.5 Å². The Bertz CT molecular complexity index is 1260. The summed E-state index contributed by atoms with van der Waals surface area (Å²) in [6.07, 6.45) is 7.39. The number of carbonyl (C=O) groups is 2. The van der Waals surface area contributed by atoms with E-state index >= 15 is 0 Å². The lowest BCUT2D eigenvalue weighted by molar-refractivity contribution is 0.103. The Kier molecular flexibility index (Phi) is 9.20. The predicted molar refractivity (Wildman–Crippen MR) is 148 cm³/mol. The van der Waals surface area contributed by atoms with Crippen molar-refractivity contribution < 1.29 is 19.1 Å². The lowest BCUT2D eigenvalue weighted by atomic mass is 10.1. The van der Waals surface area contributed by atoms with E-state index in [1.54, 1.807) is 48.6 Å². The maximum Gasteiger partial charge on any atom is 0.185 e. The summed E-state index contributed by atoms with van der Waals surface area (Å²) >= 11 is 0. The van der Waals surface area contributed by atoms with Crippen LogP contribution in [0.3, 0.4) is 0 Å². The third-order valence-electron chi connectivity index (χ3n) is 5.52. The minimum absolute atomic E-state index is 0.0781. The molecule has 0 atom stereocenters. The van der Waals surface area contributed by atoms with E-state index in [1.807, 2.05) is 84.9 Å². The molecule has 184 valence electrons. The third kappa shape index (κ3) is 8.18. The van der Waals surface area contributed by atoms with Gasteiger partial charge in [0.15, 0.2) is 11.6 Å². The molecule has 0 unspecified atom stereocenters. The quantitative estimate of drug-likeness (QED) is 0.119. The number of allylic oxidation sites excluding steroid dienone is 2. The van der Waals surface area contributed by atoms with E-state index < -0.39 is 0 Å². The zero-order valence-corrected chi connectivity index (χ0v) is 20.5. The summed E-state index contributed by atoms with van der Waals surface area (Å²) in [7, 11) is 0. The highest BCUT2D eigenvalue weighted by Crippen LogP contribution is 2.17. The second-order valence-electron chi connectivity index (χ2n) is 8.32. The molecule has 0 bridgehead atoms. The third-order valence-corrected chi connectivity index (χ3v) is 5.52. The normalized spacial score (nSPS) is 11.0. The maximum atomic E-state index is 12.5. The number of benzene rings is 4. The first-order chi connectivity index (χ1) is 18.2. The summed E-state index contributed by atoms with van der Waals surface area (Å²) in [6.45, 7) is 0.881. The fourth-order valence-corrected chi connectivity index (χ4v) is 3.58. The molecule has 4 rings (SSSR count). The molecule has 0 amide bonds. The van der Waals surface area contributed by atoms with Gasteiger partial charge in [-0.25, -0.2) is 0 Å². The van der Waals surface area contributed by atoms with E-state index in [0.717, 1.165) is 11.1 Å². The highest BCUT2D eigenvalue weighted by Gasteiger charge is 2.06. The van der Waals surface area contributed by atoms with Gasteiger partial charge in [0, 0.05) is 17.5 Å². The van der Waals surface area contributed by atoms with Crippen molar-refractivity contribution in [2.45, 2.75) is 6.42 Å². The first-order valence-electron chi connectivity index (χ1n) is 12.2. The highest BCUT2D eigenvalue weighted by atomic mass is 16.5. The van der Waals surface area contributed by atoms with E-state index in [4.69, 9.17) is 9.47 Å². The highest BCUT2D eigenvalue weighted by molar-refractivity contribution is 6.07. The molecular weight excluding hydrogens is 460 g/mol. The summed E-state index contributed by atoms with van der Waals surface area (Å²) in [5, 5.41) is 0. The molecule has 0 radical (unpaired) electrons. The molecule has 0 aliphatic rings. The summed E-state index contributed by atoms with van der Waals surface area (Å²) in [5.41, 5.74) is 3.09. The SMILES string of the molecule is O=C(/C=C/c1ccccc1)c1cccc(OCCCOc2cccc(C(=O)/C=C/c3ccccc3)c2)c1. The van der Waals surface area contributed by atoms with Gasteiger partial charge < -0.3 is 9.47 Å². The molecule has 37 heavy (non-hydrogen) atoms. The average Bonchev–Trinajstić information content (AvgIpc) is 2.96. The van der Waals surface area contributed by atoms with Gasteiger partial charge in [0.25, 0.3) is 0 Å². The Morgan fingerprint density at radius 3 is 1.41 bits per heavy atom. The summed E-state index contributed by atoms with van der Waals surface area (Å²) in [4.78, 5) is 25.0.